The molecule has 0 spiro atoms. The Labute approximate surface area is 109 Å². The van der Waals surface area contributed by atoms with Gasteiger partial charge in [0, 0.05) is 16.0 Å². The molecule has 86 valence electrons. The molecule has 2 aromatic rings. The van der Waals surface area contributed by atoms with E-state index in [1.807, 2.05) is 30.5 Å². The summed E-state index contributed by atoms with van der Waals surface area (Å²) in [6.07, 6.45) is 2.80. The van der Waals surface area contributed by atoms with E-state index in [9.17, 15) is 4.79 Å². The van der Waals surface area contributed by atoms with Crippen LogP contribution in [0.4, 0.5) is 0 Å². The molecular formula is C13H10ClNOS. The van der Waals surface area contributed by atoms with Gasteiger partial charge in [0.1, 0.15) is 11.4 Å². The maximum absolute atomic E-state index is 10.8. The molecule has 1 aromatic heterocycles. The highest BCUT2D eigenvalue weighted by Crippen LogP contribution is 2.23. The molecule has 0 amide bonds. The SMILES string of the molecule is CSc1ccc(-c2cc(C=O)cc(Cl)n2)cc1. The summed E-state index contributed by atoms with van der Waals surface area (Å²) in [4.78, 5) is 16.1. The van der Waals surface area contributed by atoms with E-state index in [1.165, 1.54) is 4.90 Å². The zero-order chi connectivity index (χ0) is 12.3. The van der Waals surface area contributed by atoms with Gasteiger partial charge in [-0.25, -0.2) is 4.98 Å². The van der Waals surface area contributed by atoms with Crippen LogP contribution >= 0.6 is 23.4 Å². The Balaban J connectivity index is 2.44. The minimum atomic E-state index is 0.332. The third kappa shape index (κ3) is 2.87. The lowest BCUT2D eigenvalue weighted by Gasteiger charge is -2.03. The Hall–Kier alpha value is -1.32. The van der Waals surface area contributed by atoms with E-state index >= 15 is 0 Å². The summed E-state index contributed by atoms with van der Waals surface area (Å²) in [6.45, 7) is 0. The molecule has 0 aliphatic heterocycles. The molecule has 0 saturated heterocycles. The van der Waals surface area contributed by atoms with E-state index in [0.717, 1.165) is 11.8 Å². The second-order valence-corrected chi connectivity index (χ2v) is 4.72. The highest BCUT2D eigenvalue weighted by atomic mass is 35.5. The summed E-state index contributed by atoms with van der Waals surface area (Å²) in [5, 5.41) is 0.332. The monoisotopic (exact) mass is 263 g/mol. The van der Waals surface area contributed by atoms with Gasteiger partial charge in [-0.1, -0.05) is 23.7 Å². The van der Waals surface area contributed by atoms with Crippen molar-refractivity contribution < 1.29 is 4.79 Å². The smallest absolute Gasteiger partial charge is 0.150 e. The Morgan fingerprint density at radius 2 is 1.94 bits per heavy atom. The van der Waals surface area contributed by atoms with Crippen LogP contribution in [0.1, 0.15) is 10.4 Å². The first-order valence-corrected chi connectivity index (χ1v) is 6.60. The third-order valence-corrected chi connectivity index (χ3v) is 3.28. The number of halogens is 1. The molecular weight excluding hydrogens is 254 g/mol. The molecule has 0 unspecified atom stereocenters. The van der Waals surface area contributed by atoms with E-state index in [4.69, 9.17) is 11.6 Å². The quantitative estimate of drug-likeness (QED) is 0.477. The normalized spacial score (nSPS) is 10.2. The highest BCUT2D eigenvalue weighted by molar-refractivity contribution is 7.98. The standard InChI is InChI=1S/C13H10ClNOS/c1-17-11-4-2-10(3-5-11)12-6-9(8-16)7-13(14)15-12/h2-8H,1H3. The van der Waals surface area contributed by atoms with Gasteiger partial charge in [-0.05, 0) is 30.5 Å². The molecule has 2 rings (SSSR count). The first kappa shape index (κ1) is 12.1. The molecule has 0 fully saturated rings. The van der Waals surface area contributed by atoms with Crippen LogP contribution in [0, 0.1) is 0 Å². The van der Waals surface area contributed by atoms with Crippen molar-refractivity contribution in [2.75, 3.05) is 6.26 Å². The molecule has 0 aliphatic rings. The molecule has 0 bridgehead atoms. The van der Waals surface area contributed by atoms with Crippen molar-refractivity contribution in [3.8, 4) is 11.3 Å². The Morgan fingerprint density at radius 3 is 2.53 bits per heavy atom. The number of rotatable bonds is 3. The Bertz CT molecular complexity index is 540. The molecule has 4 heteroatoms. The molecule has 17 heavy (non-hydrogen) atoms. The number of carbonyl (C=O) groups is 1. The van der Waals surface area contributed by atoms with E-state index < -0.39 is 0 Å². The zero-order valence-corrected chi connectivity index (χ0v) is 10.8. The van der Waals surface area contributed by atoms with Gasteiger partial charge in [0.05, 0.1) is 5.69 Å². The van der Waals surface area contributed by atoms with Crippen LogP contribution in [-0.4, -0.2) is 17.5 Å². The van der Waals surface area contributed by atoms with Crippen LogP contribution in [0.5, 0.6) is 0 Å². The predicted molar refractivity (Wildman–Crippen MR) is 71.9 cm³/mol. The van der Waals surface area contributed by atoms with Crippen LogP contribution in [-0.2, 0) is 0 Å². The fourth-order valence-corrected chi connectivity index (χ4v) is 2.12. The first-order chi connectivity index (χ1) is 8.22. The molecule has 2 nitrogen and oxygen atoms in total. The van der Waals surface area contributed by atoms with Crippen molar-refractivity contribution in [2.24, 2.45) is 0 Å². The molecule has 0 atom stereocenters. The van der Waals surface area contributed by atoms with Crippen LogP contribution in [0.15, 0.2) is 41.3 Å². The summed E-state index contributed by atoms with van der Waals surface area (Å²) >= 11 is 7.54. The lowest BCUT2D eigenvalue weighted by Crippen LogP contribution is -1.88. The molecule has 0 aliphatic carbocycles. The summed E-state index contributed by atoms with van der Waals surface area (Å²) in [5.41, 5.74) is 2.20. The fourth-order valence-electron chi connectivity index (χ4n) is 1.49. The van der Waals surface area contributed by atoms with Gasteiger partial charge < -0.3 is 0 Å². The number of aldehydes is 1. The zero-order valence-electron chi connectivity index (χ0n) is 9.18. The van der Waals surface area contributed by atoms with Crippen LogP contribution in [0.3, 0.4) is 0 Å². The highest BCUT2D eigenvalue weighted by Gasteiger charge is 2.03. The summed E-state index contributed by atoms with van der Waals surface area (Å²) in [7, 11) is 0. The average Bonchev–Trinajstić information content (AvgIpc) is 2.38. The number of pyridine rings is 1. The number of aromatic nitrogens is 1. The van der Waals surface area contributed by atoms with Gasteiger partial charge in [-0.3, -0.25) is 4.79 Å². The van der Waals surface area contributed by atoms with Crippen molar-refractivity contribution in [1.29, 1.82) is 0 Å². The second kappa shape index (κ2) is 5.34. The van der Waals surface area contributed by atoms with Crippen molar-refractivity contribution >= 4 is 29.6 Å². The first-order valence-electron chi connectivity index (χ1n) is 5.00. The average molecular weight is 264 g/mol. The van der Waals surface area contributed by atoms with Crippen molar-refractivity contribution in [1.82, 2.24) is 4.98 Å². The van der Waals surface area contributed by atoms with E-state index in [-0.39, 0.29) is 0 Å². The maximum atomic E-state index is 10.8. The predicted octanol–water partition coefficient (Wildman–Crippen LogP) is 3.94. The van der Waals surface area contributed by atoms with E-state index in [0.29, 0.717) is 16.4 Å². The lowest BCUT2D eigenvalue weighted by atomic mass is 10.1. The molecule has 1 heterocycles. The van der Waals surface area contributed by atoms with Gasteiger partial charge in [0.25, 0.3) is 0 Å². The lowest BCUT2D eigenvalue weighted by molar-refractivity contribution is 0.112. The van der Waals surface area contributed by atoms with Gasteiger partial charge in [-0.15, -0.1) is 11.8 Å². The largest absolute Gasteiger partial charge is 0.298 e. The summed E-state index contributed by atoms with van der Waals surface area (Å²) in [6, 6.07) is 11.3. The Morgan fingerprint density at radius 1 is 1.24 bits per heavy atom. The minimum absolute atomic E-state index is 0.332. The van der Waals surface area contributed by atoms with E-state index in [2.05, 4.69) is 4.98 Å². The fraction of sp³-hybridized carbons (Fsp3) is 0.0769. The van der Waals surface area contributed by atoms with Crippen LogP contribution < -0.4 is 0 Å². The number of nitrogens with zero attached hydrogens (tertiary/aromatic N) is 1. The second-order valence-electron chi connectivity index (χ2n) is 3.45. The number of benzene rings is 1. The van der Waals surface area contributed by atoms with Crippen molar-refractivity contribution in [3.63, 3.8) is 0 Å². The van der Waals surface area contributed by atoms with Crippen LogP contribution in [0.25, 0.3) is 11.3 Å². The van der Waals surface area contributed by atoms with Crippen molar-refractivity contribution in [2.45, 2.75) is 4.90 Å². The van der Waals surface area contributed by atoms with Crippen molar-refractivity contribution in [3.05, 3.63) is 47.1 Å². The summed E-state index contributed by atoms with van der Waals surface area (Å²) < 4.78 is 0. The Kier molecular flexibility index (Phi) is 3.82. The van der Waals surface area contributed by atoms with Gasteiger partial charge in [0.2, 0.25) is 0 Å². The number of hydrogen-bond donors (Lipinski definition) is 0. The molecule has 1 aromatic carbocycles. The third-order valence-electron chi connectivity index (χ3n) is 2.34. The molecule has 0 radical (unpaired) electrons. The summed E-state index contributed by atoms with van der Waals surface area (Å²) in [5.74, 6) is 0. The molecule has 0 N–H and O–H groups in total. The van der Waals surface area contributed by atoms with Crippen LogP contribution in [0.2, 0.25) is 5.15 Å². The molecule has 0 saturated carbocycles. The number of thioether (sulfide) groups is 1. The van der Waals surface area contributed by atoms with Gasteiger partial charge >= 0.3 is 0 Å². The van der Waals surface area contributed by atoms with Gasteiger partial charge in [-0.2, -0.15) is 0 Å². The maximum Gasteiger partial charge on any atom is 0.150 e. The number of carbonyl (C=O) groups excluding carboxylic acids is 1. The topological polar surface area (TPSA) is 30.0 Å². The number of hydrogen-bond acceptors (Lipinski definition) is 3. The van der Waals surface area contributed by atoms with Gasteiger partial charge in [0.15, 0.2) is 0 Å². The minimum Gasteiger partial charge on any atom is -0.298 e. The van der Waals surface area contributed by atoms with E-state index in [1.54, 1.807) is 23.9 Å².